The Kier molecular flexibility index (Phi) is 3.31. The van der Waals surface area contributed by atoms with Crippen LogP contribution in [0, 0.1) is 17.0 Å². The van der Waals surface area contributed by atoms with E-state index < -0.39 is 22.8 Å². The quantitative estimate of drug-likeness (QED) is 0.454. The fraction of sp³-hybridized carbons (Fsp3) is 0.300. The molecule has 0 aliphatic rings. The van der Waals surface area contributed by atoms with E-state index in [1.165, 1.54) is 6.92 Å². The lowest BCUT2D eigenvalue weighted by atomic mass is 10.0. The second-order valence-electron chi connectivity index (χ2n) is 3.34. The summed E-state index contributed by atoms with van der Waals surface area (Å²) in [5.41, 5.74) is -0.970. The van der Waals surface area contributed by atoms with Gasteiger partial charge in [0.15, 0.2) is 5.78 Å². The topological polar surface area (TPSA) is 60.2 Å². The molecule has 0 N–H and O–H groups in total. The highest BCUT2D eigenvalue weighted by atomic mass is 19.3. The third-order valence-corrected chi connectivity index (χ3v) is 2.20. The molecule has 0 saturated heterocycles. The van der Waals surface area contributed by atoms with Crippen LogP contribution in [0.2, 0.25) is 0 Å². The molecule has 16 heavy (non-hydrogen) atoms. The van der Waals surface area contributed by atoms with Gasteiger partial charge >= 0.3 is 0 Å². The third-order valence-electron chi connectivity index (χ3n) is 2.20. The maximum absolute atomic E-state index is 12.5. The van der Waals surface area contributed by atoms with Crippen molar-refractivity contribution in [1.29, 1.82) is 0 Å². The van der Waals surface area contributed by atoms with Gasteiger partial charge in [0.05, 0.1) is 10.5 Å². The number of benzene rings is 1. The van der Waals surface area contributed by atoms with Crippen molar-refractivity contribution in [1.82, 2.24) is 0 Å². The lowest BCUT2D eigenvalue weighted by Crippen LogP contribution is -2.03. The van der Waals surface area contributed by atoms with Gasteiger partial charge in [0.1, 0.15) is 0 Å². The van der Waals surface area contributed by atoms with Gasteiger partial charge in [-0.3, -0.25) is 14.9 Å². The predicted molar refractivity (Wildman–Crippen MR) is 52.8 cm³/mol. The van der Waals surface area contributed by atoms with Crippen LogP contribution in [0.4, 0.5) is 14.5 Å². The van der Waals surface area contributed by atoms with Crippen molar-refractivity contribution in [2.24, 2.45) is 0 Å². The average Bonchev–Trinajstić information content (AvgIpc) is 2.15. The van der Waals surface area contributed by atoms with Crippen LogP contribution in [0.15, 0.2) is 12.1 Å². The maximum atomic E-state index is 12.5. The molecule has 0 saturated carbocycles. The number of aryl methyl sites for hydroxylation is 1. The molecule has 0 aliphatic heterocycles. The summed E-state index contributed by atoms with van der Waals surface area (Å²) in [6.07, 6.45) is -2.75. The molecule has 0 radical (unpaired) electrons. The molecule has 0 atom stereocenters. The van der Waals surface area contributed by atoms with Gasteiger partial charge in [-0.1, -0.05) is 0 Å². The van der Waals surface area contributed by atoms with Crippen molar-refractivity contribution in [3.05, 3.63) is 38.9 Å². The first-order chi connectivity index (χ1) is 7.34. The van der Waals surface area contributed by atoms with E-state index in [1.54, 1.807) is 0 Å². The van der Waals surface area contributed by atoms with Crippen LogP contribution in [0.3, 0.4) is 0 Å². The third kappa shape index (κ3) is 2.21. The number of ketones is 1. The van der Waals surface area contributed by atoms with Gasteiger partial charge in [0, 0.05) is 11.6 Å². The molecule has 86 valence electrons. The molecule has 1 aromatic rings. The summed E-state index contributed by atoms with van der Waals surface area (Å²) < 4.78 is 25.0. The van der Waals surface area contributed by atoms with Crippen LogP contribution in [0.5, 0.6) is 0 Å². The molecule has 0 bridgehead atoms. The predicted octanol–water partition coefficient (Wildman–Crippen LogP) is 3.04. The Hall–Kier alpha value is -1.85. The van der Waals surface area contributed by atoms with Crippen LogP contribution in [0.25, 0.3) is 0 Å². The molecule has 0 heterocycles. The number of hydrogen-bond acceptors (Lipinski definition) is 3. The average molecular weight is 229 g/mol. The first-order valence-corrected chi connectivity index (χ1v) is 4.42. The monoisotopic (exact) mass is 229 g/mol. The van der Waals surface area contributed by atoms with Crippen LogP contribution >= 0.6 is 0 Å². The summed E-state index contributed by atoms with van der Waals surface area (Å²) in [4.78, 5) is 21.0. The van der Waals surface area contributed by atoms with Crippen molar-refractivity contribution in [2.45, 2.75) is 20.3 Å². The molecule has 1 rings (SSSR count). The smallest absolute Gasteiger partial charge is 0.280 e. The minimum absolute atomic E-state index is 0.103. The normalized spacial score (nSPS) is 10.6. The molecule has 0 unspecified atom stereocenters. The zero-order chi connectivity index (χ0) is 12.5. The van der Waals surface area contributed by atoms with E-state index >= 15 is 0 Å². The van der Waals surface area contributed by atoms with E-state index in [9.17, 15) is 23.7 Å². The number of carbonyl (C=O) groups is 1. The van der Waals surface area contributed by atoms with Gasteiger partial charge in [-0.25, -0.2) is 8.78 Å². The van der Waals surface area contributed by atoms with E-state index in [4.69, 9.17) is 0 Å². The summed E-state index contributed by atoms with van der Waals surface area (Å²) in [5, 5.41) is 10.6. The fourth-order valence-corrected chi connectivity index (χ4v) is 1.38. The van der Waals surface area contributed by atoms with Crippen molar-refractivity contribution in [3.63, 3.8) is 0 Å². The first kappa shape index (κ1) is 12.2. The number of carbonyl (C=O) groups excluding carboxylic acids is 1. The number of alkyl halides is 2. The molecule has 0 aromatic heterocycles. The minimum Gasteiger partial charge on any atom is -0.294 e. The van der Waals surface area contributed by atoms with Gasteiger partial charge in [-0.2, -0.15) is 0 Å². The Morgan fingerprint density at radius 2 is 2.00 bits per heavy atom. The molecule has 4 nitrogen and oxygen atoms in total. The second-order valence-corrected chi connectivity index (χ2v) is 3.34. The van der Waals surface area contributed by atoms with Crippen molar-refractivity contribution >= 4 is 11.5 Å². The number of nitro groups is 1. The summed E-state index contributed by atoms with van der Waals surface area (Å²) in [5.74, 6) is -0.603. The van der Waals surface area contributed by atoms with Crippen LogP contribution in [-0.2, 0) is 0 Å². The number of rotatable bonds is 3. The van der Waals surface area contributed by atoms with Crippen molar-refractivity contribution in [2.75, 3.05) is 0 Å². The van der Waals surface area contributed by atoms with E-state index in [-0.39, 0.29) is 16.7 Å². The molecule has 0 spiro atoms. The fourth-order valence-electron chi connectivity index (χ4n) is 1.38. The molecular formula is C10H9F2NO3. The van der Waals surface area contributed by atoms with Crippen molar-refractivity contribution in [3.8, 4) is 0 Å². The molecule has 6 heteroatoms. The Morgan fingerprint density at radius 1 is 1.44 bits per heavy atom. The molecular weight excluding hydrogens is 220 g/mol. The van der Waals surface area contributed by atoms with E-state index in [0.29, 0.717) is 0 Å². The molecule has 0 amide bonds. The number of halogens is 2. The van der Waals surface area contributed by atoms with Crippen molar-refractivity contribution < 1.29 is 18.5 Å². The van der Waals surface area contributed by atoms with Crippen LogP contribution in [0.1, 0.15) is 34.8 Å². The lowest BCUT2D eigenvalue weighted by molar-refractivity contribution is -0.385. The lowest BCUT2D eigenvalue weighted by Gasteiger charge is -2.07. The largest absolute Gasteiger partial charge is 0.294 e. The minimum atomic E-state index is -2.75. The summed E-state index contributed by atoms with van der Waals surface area (Å²) in [6.45, 7) is 2.45. The van der Waals surface area contributed by atoms with Crippen LogP contribution in [-0.4, -0.2) is 10.7 Å². The molecule has 1 aromatic carbocycles. The Bertz CT molecular complexity index is 458. The summed E-state index contributed by atoms with van der Waals surface area (Å²) in [7, 11) is 0. The van der Waals surface area contributed by atoms with Crippen LogP contribution < -0.4 is 0 Å². The Labute approximate surface area is 90.0 Å². The van der Waals surface area contributed by atoms with Gasteiger partial charge in [0.25, 0.3) is 12.1 Å². The van der Waals surface area contributed by atoms with E-state index in [0.717, 1.165) is 19.1 Å². The highest BCUT2D eigenvalue weighted by molar-refractivity contribution is 5.98. The van der Waals surface area contributed by atoms with Gasteiger partial charge in [0.2, 0.25) is 0 Å². The molecule has 0 aliphatic carbocycles. The Morgan fingerprint density at radius 3 is 2.38 bits per heavy atom. The zero-order valence-corrected chi connectivity index (χ0v) is 8.66. The number of nitro benzene ring substituents is 1. The van der Waals surface area contributed by atoms with Gasteiger partial charge in [-0.15, -0.1) is 0 Å². The Balaban J connectivity index is 3.49. The van der Waals surface area contributed by atoms with E-state index in [2.05, 4.69) is 0 Å². The highest BCUT2D eigenvalue weighted by Gasteiger charge is 2.22. The second kappa shape index (κ2) is 4.34. The standard InChI is InChI=1S/C10H9F2NO3/c1-5-3-9(13(15)16)8(6(2)14)4-7(5)10(11)12/h3-4,10H,1-2H3. The van der Waals surface area contributed by atoms with Gasteiger partial charge in [-0.05, 0) is 25.5 Å². The van der Waals surface area contributed by atoms with Gasteiger partial charge < -0.3 is 0 Å². The summed E-state index contributed by atoms with van der Waals surface area (Å²) in [6, 6.07) is 1.89. The first-order valence-electron chi connectivity index (χ1n) is 4.42. The SMILES string of the molecule is CC(=O)c1cc(C(F)F)c(C)cc1[N+](=O)[O-]. The number of hydrogen-bond donors (Lipinski definition) is 0. The maximum Gasteiger partial charge on any atom is 0.280 e. The zero-order valence-electron chi connectivity index (χ0n) is 8.66. The highest BCUT2D eigenvalue weighted by Crippen LogP contribution is 2.29. The number of Topliss-reactive ketones (excluding diaryl/α,β-unsaturated/α-hetero) is 1. The summed E-state index contributed by atoms with van der Waals surface area (Å²) >= 11 is 0. The molecule has 0 fully saturated rings. The number of nitrogens with zero attached hydrogens (tertiary/aromatic N) is 1. The van der Waals surface area contributed by atoms with E-state index in [1.807, 2.05) is 0 Å².